The summed E-state index contributed by atoms with van der Waals surface area (Å²) < 4.78 is 56.5. The van der Waals surface area contributed by atoms with Crippen molar-refractivity contribution in [3.63, 3.8) is 0 Å². The number of fused-ring (bicyclic) bond motifs is 2. The Kier molecular flexibility index (Phi) is 7.58. The Bertz CT molecular complexity index is 1810. The number of benzene rings is 2. The molecule has 2 aromatic carbocycles. The van der Waals surface area contributed by atoms with E-state index in [1.54, 1.807) is 50.6 Å². The molecule has 2 amide bonds. The van der Waals surface area contributed by atoms with Crippen molar-refractivity contribution >= 4 is 34.1 Å². The van der Waals surface area contributed by atoms with Crippen molar-refractivity contribution in [3.05, 3.63) is 94.8 Å². The van der Waals surface area contributed by atoms with E-state index in [2.05, 4.69) is 20.7 Å². The van der Waals surface area contributed by atoms with Crippen LogP contribution in [0, 0.1) is 5.82 Å². The van der Waals surface area contributed by atoms with Crippen molar-refractivity contribution in [3.8, 4) is 0 Å². The number of hydrogen-bond donors (Lipinski definition) is 2. The molecule has 4 heterocycles. The number of rotatable bonds is 5. The molecule has 2 aromatic heterocycles. The van der Waals surface area contributed by atoms with Crippen LogP contribution in [0.4, 0.5) is 29.1 Å². The molecule has 0 bridgehead atoms. The lowest BCUT2D eigenvalue weighted by Gasteiger charge is -2.34. The number of halogens is 4. The molecule has 4 aromatic rings. The maximum Gasteiger partial charge on any atom is 0.419 e. The molecule has 44 heavy (non-hydrogen) atoms. The molecule has 2 N–H and O–H groups in total. The van der Waals surface area contributed by atoms with Gasteiger partial charge in [0.05, 0.1) is 11.1 Å². The number of nitrogens with zero attached hydrogens (tertiary/aromatic N) is 5. The highest BCUT2D eigenvalue weighted by molar-refractivity contribution is 6.07. The summed E-state index contributed by atoms with van der Waals surface area (Å²) in [7, 11) is 1.66. The van der Waals surface area contributed by atoms with Gasteiger partial charge in [-0.3, -0.25) is 19.6 Å². The molecule has 9 nitrogen and oxygen atoms in total. The second-order valence-electron chi connectivity index (χ2n) is 10.9. The zero-order valence-corrected chi connectivity index (χ0v) is 24.0. The van der Waals surface area contributed by atoms with E-state index < -0.39 is 29.5 Å². The molecule has 0 spiro atoms. The Hall–Kier alpha value is -4.78. The lowest BCUT2D eigenvalue weighted by molar-refractivity contribution is -0.140. The number of allylic oxidation sites excluding steroid dienone is 1. The molecule has 1 unspecified atom stereocenters. The Labute approximate surface area is 253 Å². The minimum Gasteiger partial charge on any atom is -0.344 e. The molecule has 0 radical (unpaired) electrons. The number of piperidine rings is 1. The zero-order valence-electron chi connectivity index (χ0n) is 24.0. The Balaban J connectivity index is 0.00000240. The number of hydrazine groups is 1. The number of carbonyl (C=O) groups excluding carboxylic acids is 2. The number of alkyl halides is 3. The summed E-state index contributed by atoms with van der Waals surface area (Å²) in [6.45, 7) is 3.07. The fourth-order valence-corrected chi connectivity index (χ4v) is 5.74. The van der Waals surface area contributed by atoms with Gasteiger partial charge in [0.25, 0.3) is 11.8 Å². The van der Waals surface area contributed by atoms with Gasteiger partial charge in [-0.15, -0.1) is 0 Å². The lowest BCUT2D eigenvalue weighted by atomic mass is 9.93. The van der Waals surface area contributed by atoms with E-state index in [1.165, 1.54) is 15.8 Å². The molecule has 232 valence electrons. The normalized spacial score (nSPS) is 17.3. The molecule has 1 saturated heterocycles. The highest BCUT2D eigenvalue weighted by Crippen LogP contribution is 2.39. The van der Waals surface area contributed by atoms with Gasteiger partial charge in [0, 0.05) is 58.2 Å². The quantitative estimate of drug-likeness (QED) is 0.251. The lowest BCUT2D eigenvalue weighted by Crippen LogP contribution is -2.46. The largest absolute Gasteiger partial charge is 0.419 e. The highest BCUT2D eigenvalue weighted by atomic mass is 19.4. The first kappa shape index (κ1) is 29.3. The van der Waals surface area contributed by atoms with Crippen LogP contribution in [0.25, 0.3) is 10.8 Å². The molecular weight excluding hydrogens is 578 g/mol. The van der Waals surface area contributed by atoms with Crippen LogP contribution >= 0.6 is 0 Å². The van der Waals surface area contributed by atoms with Gasteiger partial charge in [0.15, 0.2) is 5.69 Å². The van der Waals surface area contributed by atoms with E-state index in [4.69, 9.17) is 0 Å². The molecule has 1 fully saturated rings. The van der Waals surface area contributed by atoms with Crippen molar-refractivity contribution in [2.75, 3.05) is 30.8 Å². The van der Waals surface area contributed by atoms with Gasteiger partial charge in [-0.05, 0) is 61.0 Å². The average Bonchev–Trinajstić information content (AvgIpc) is 3.42. The van der Waals surface area contributed by atoms with Crippen LogP contribution in [-0.4, -0.2) is 56.7 Å². The summed E-state index contributed by atoms with van der Waals surface area (Å²) in [6, 6.07) is 9.96. The van der Waals surface area contributed by atoms with Crippen molar-refractivity contribution < 1.29 is 30.0 Å². The summed E-state index contributed by atoms with van der Waals surface area (Å²) >= 11 is 0. The van der Waals surface area contributed by atoms with E-state index in [0.717, 1.165) is 55.3 Å². The van der Waals surface area contributed by atoms with Gasteiger partial charge >= 0.3 is 6.18 Å². The molecule has 6 rings (SSSR count). The molecular formula is C31H33F4N7O2. The maximum absolute atomic E-state index is 14.9. The second kappa shape index (κ2) is 11.4. The van der Waals surface area contributed by atoms with E-state index in [0.29, 0.717) is 23.3 Å². The molecule has 2 aliphatic rings. The van der Waals surface area contributed by atoms with Gasteiger partial charge in [-0.25, -0.2) is 14.1 Å². The molecule has 0 saturated carbocycles. The average molecular weight is 612 g/mol. The predicted molar refractivity (Wildman–Crippen MR) is 160 cm³/mol. The zero-order chi connectivity index (χ0) is 31.2. The van der Waals surface area contributed by atoms with Crippen LogP contribution in [-0.2, 0) is 11.0 Å². The fourth-order valence-electron chi connectivity index (χ4n) is 5.74. The van der Waals surface area contributed by atoms with Crippen LogP contribution in [0.15, 0.2) is 72.2 Å². The minimum atomic E-state index is -4.90. The number of aromatic nitrogens is 3. The smallest absolute Gasteiger partial charge is 0.344 e. The van der Waals surface area contributed by atoms with Crippen molar-refractivity contribution in [1.29, 1.82) is 0 Å². The van der Waals surface area contributed by atoms with Crippen LogP contribution in [0.1, 0.15) is 56.7 Å². The van der Waals surface area contributed by atoms with Crippen molar-refractivity contribution in [2.24, 2.45) is 0 Å². The van der Waals surface area contributed by atoms with Gasteiger partial charge in [-0.2, -0.15) is 18.3 Å². The number of nitrogens with one attached hydrogen (secondary N) is 2. The third-order valence-corrected chi connectivity index (χ3v) is 8.00. The first-order chi connectivity index (χ1) is 21.0. The predicted octanol–water partition coefficient (Wildman–Crippen LogP) is 6.48. The van der Waals surface area contributed by atoms with Gasteiger partial charge in [0.2, 0.25) is 0 Å². The number of pyridine rings is 1. The highest BCUT2D eigenvalue weighted by Gasteiger charge is 2.38. The van der Waals surface area contributed by atoms with Crippen molar-refractivity contribution in [1.82, 2.24) is 24.8 Å². The van der Waals surface area contributed by atoms with Gasteiger partial charge in [0.1, 0.15) is 17.7 Å². The summed E-state index contributed by atoms with van der Waals surface area (Å²) in [5.74, 6) is -2.11. The number of carbonyl (C=O) groups is 2. The van der Waals surface area contributed by atoms with Crippen molar-refractivity contribution in [2.45, 2.75) is 38.4 Å². The molecule has 13 heteroatoms. The number of hydrogen-bond acceptors (Lipinski definition) is 6. The molecule has 1 atom stereocenters. The summed E-state index contributed by atoms with van der Waals surface area (Å²) in [5, 5.41) is 15.6. The Morgan fingerprint density at radius 1 is 1.05 bits per heavy atom. The summed E-state index contributed by atoms with van der Waals surface area (Å²) in [6.07, 6.45) is 1.41. The first-order valence-electron chi connectivity index (χ1n) is 14.1. The van der Waals surface area contributed by atoms with Crippen LogP contribution in [0.5, 0.6) is 0 Å². The second-order valence-corrected chi connectivity index (χ2v) is 10.9. The maximum atomic E-state index is 14.9. The topological polar surface area (TPSA) is 95.4 Å². The van der Waals surface area contributed by atoms with E-state index >= 15 is 0 Å². The van der Waals surface area contributed by atoms with Crippen LogP contribution < -0.4 is 10.6 Å². The monoisotopic (exact) mass is 611 g/mol. The number of amides is 2. The number of anilines is 2. The molecule has 2 aliphatic heterocycles. The van der Waals surface area contributed by atoms with Crippen LogP contribution in [0.3, 0.4) is 0 Å². The minimum absolute atomic E-state index is 0. The van der Waals surface area contributed by atoms with E-state index in [1.807, 2.05) is 5.01 Å². The van der Waals surface area contributed by atoms with Crippen LogP contribution in [0.2, 0.25) is 0 Å². The first-order valence-corrected chi connectivity index (χ1v) is 14.1. The standard InChI is InChI=1S/C31H29F4N7O2.2H2/c1-18-27(29(43)38-22-8-6-21-17-36-11-10-19(21)14-22)28(20-7-9-23(24(32)15-20)31(33,34)35)42-26(37-18)16-25(39-42)30(44)40(2)41-12-4-3-5-13-41;;/h6-11,14-17,28,37H,3-5,12-13H2,1-2H3,(H,38,43);2*1H. The fraction of sp³-hybridized carbons (Fsp3) is 0.290. The third-order valence-electron chi connectivity index (χ3n) is 8.00. The Morgan fingerprint density at radius 3 is 2.55 bits per heavy atom. The van der Waals surface area contributed by atoms with Gasteiger partial charge in [-0.1, -0.05) is 18.6 Å². The SMILES string of the molecule is CC1=C(C(=O)Nc2ccc3cnccc3c2)C(c2ccc(C(F)(F)F)c(F)c2)n2nc(C(=O)N(C)N3CCCCC3)cc2N1.[HH].[HH]. The molecule has 0 aliphatic carbocycles. The summed E-state index contributed by atoms with van der Waals surface area (Å²) in [4.78, 5) is 31.4. The van der Waals surface area contributed by atoms with E-state index in [9.17, 15) is 27.2 Å². The summed E-state index contributed by atoms with van der Waals surface area (Å²) in [5.41, 5.74) is -0.371. The van der Waals surface area contributed by atoms with Gasteiger partial charge < -0.3 is 10.6 Å². The third kappa shape index (κ3) is 5.50. The van der Waals surface area contributed by atoms with E-state index in [-0.39, 0.29) is 25.6 Å². The Morgan fingerprint density at radius 2 is 1.82 bits per heavy atom.